The van der Waals surface area contributed by atoms with Crippen molar-refractivity contribution in [2.24, 2.45) is 5.92 Å². The van der Waals surface area contributed by atoms with Gasteiger partial charge in [-0.1, -0.05) is 29.3 Å². The van der Waals surface area contributed by atoms with E-state index >= 15 is 0 Å². The summed E-state index contributed by atoms with van der Waals surface area (Å²) in [7, 11) is 0. The van der Waals surface area contributed by atoms with Crippen LogP contribution in [0.25, 0.3) is 0 Å². The summed E-state index contributed by atoms with van der Waals surface area (Å²) in [5.74, 6) is 1.20. The lowest BCUT2D eigenvalue weighted by Crippen LogP contribution is -2.10. The minimum absolute atomic E-state index is 0.152. The summed E-state index contributed by atoms with van der Waals surface area (Å²) < 4.78 is 0. The van der Waals surface area contributed by atoms with Gasteiger partial charge in [-0.25, -0.2) is 0 Å². The van der Waals surface area contributed by atoms with E-state index in [4.69, 9.17) is 0 Å². The van der Waals surface area contributed by atoms with Crippen molar-refractivity contribution in [2.75, 3.05) is 0 Å². The number of hydrogen-bond acceptors (Lipinski definition) is 1. The molecule has 0 radical (unpaired) electrons. The maximum Gasteiger partial charge on any atom is 0.146 e. The number of halogens is 1. The number of carbonyl (C=O) groups is 1. The van der Waals surface area contributed by atoms with Crippen molar-refractivity contribution in [3.8, 4) is 0 Å². The fourth-order valence-corrected chi connectivity index (χ4v) is 2.09. The number of rotatable bonds is 1. The largest absolute Gasteiger partial charge is 0.298 e. The van der Waals surface area contributed by atoms with Crippen molar-refractivity contribution in [3.05, 3.63) is 0 Å². The van der Waals surface area contributed by atoms with E-state index in [9.17, 15) is 4.79 Å². The molecule has 2 heteroatoms. The summed E-state index contributed by atoms with van der Waals surface area (Å²) in [6.45, 7) is 2.21. The zero-order chi connectivity index (χ0) is 8.27. The Balaban J connectivity index is 2.44. The average molecular weight is 219 g/mol. The van der Waals surface area contributed by atoms with Gasteiger partial charge in [0.15, 0.2) is 0 Å². The van der Waals surface area contributed by atoms with Gasteiger partial charge in [0, 0.05) is 6.42 Å². The van der Waals surface area contributed by atoms with Gasteiger partial charge in [-0.3, -0.25) is 4.79 Å². The van der Waals surface area contributed by atoms with Gasteiger partial charge in [0.2, 0.25) is 0 Å². The fraction of sp³-hybridized carbons (Fsp3) is 0.889. The molecule has 0 heterocycles. The second kappa shape index (κ2) is 4.24. The molecule has 1 aliphatic rings. The van der Waals surface area contributed by atoms with Crippen LogP contribution in [-0.4, -0.2) is 10.6 Å². The Kier molecular flexibility index (Phi) is 3.57. The van der Waals surface area contributed by atoms with Crippen molar-refractivity contribution in [1.82, 2.24) is 0 Å². The van der Waals surface area contributed by atoms with E-state index in [1.54, 1.807) is 0 Å². The molecule has 2 unspecified atom stereocenters. The molecule has 1 aliphatic carbocycles. The normalized spacial score (nSPS) is 33.5. The molecule has 0 aromatic heterocycles. The summed E-state index contributed by atoms with van der Waals surface area (Å²) in [6, 6.07) is 0. The standard InChI is InChI=1S/C9H15BrO/c1-2-7-3-5-8(10)9(11)6-4-7/h7-8H,2-6H2,1H3. The Bertz CT molecular complexity index is 144. The van der Waals surface area contributed by atoms with Crippen molar-refractivity contribution >= 4 is 21.7 Å². The molecule has 1 saturated carbocycles. The van der Waals surface area contributed by atoms with Gasteiger partial charge in [-0.15, -0.1) is 0 Å². The third-order valence-corrected chi connectivity index (χ3v) is 3.52. The van der Waals surface area contributed by atoms with Crippen LogP contribution in [0, 0.1) is 5.92 Å². The highest BCUT2D eigenvalue weighted by molar-refractivity contribution is 9.10. The summed E-state index contributed by atoms with van der Waals surface area (Å²) in [6.07, 6.45) is 5.38. The smallest absolute Gasteiger partial charge is 0.146 e. The van der Waals surface area contributed by atoms with Gasteiger partial charge in [-0.2, -0.15) is 0 Å². The summed E-state index contributed by atoms with van der Waals surface area (Å²) in [5, 5.41) is 0. The molecule has 0 spiro atoms. The first-order valence-corrected chi connectivity index (χ1v) is 5.32. The molecule has 0 N–H and O–H groups in total. The lowest BCUT2D eigenvalue weighted by Gasteiger charge is -2.08. The van der Waals surface area contributed by atoms with Crippen LogP contribution in [0.5, 0.6) is 0 Å². The average Bonchev–Trinajstić information content (AvgIpc) is 2.16. The summed E-state index contributed by atoms with van der Waals surface area (Å²) in [4.78, 5) is 11.4. The highest BCUT2D eigenvalue weighted by Gasteiger charge is 2.21. The van der Waals surface area contributed by atoms with E-state index in [1.807, 2.05) is 0 Å². The number of alkyl halides is 1. The molecule has 0 aliphatic heterocycles. The monoisotopic (exact) mass is 218 g/mol. The highest BCUT2D eigenvalue weighted by Crippen LogP contribution is 2.26. The van der Waals surface area contributed by atoms with Crippen molar-refractivity contribution in [3.63, 3.8) is 0 Å². The van der Waals surface area contributed by atoms with Gasteiger partial charge in [-0.05, 0) is 25.2 Å². The maximum absolute atomic E-state index is 11.2. The van der Waals surface area contributed by atoms with E-state index in [0.29, 0.717) is 5.78 Å². The fourth-order valence-electron chi connectivity index (χ4n) is 1.60. The Hall–Kier alpha value is 0.150. The third-order valence-electron chi connectivity index (χ3n) is 2.55. The van der Waals surface area contributed by atoms with Crippen LogP contribution >= 0.6 is 15.9 Å². The minimum atomic E-state index is 0.152. The van der Waals surface area contributed by atoms with E-state index in [-0.39, 0.29) is 4.83 Å². The molecule has 1 fully saturated rings. The van der Waals surface area contributed by atoms with Crippen LogP contribution in [0.3, 0.4) is 0 Å². The second-order valence-electron chi connectivity index (χ2n) is 3.32. The minimum Gasteiger partial charge on any atom is -0.298 e. The second-order valence-corrected chi connectivity index (χ2v) is 4.43. The van der Waals surface area contributed by atoms with Crippen LogP contribution in [0.2, 0.25) is 0 Å². The first-order valence-electron chi connectivity index (χ1n) is 4.40. The first kappa shape index (κ1) is 9.24. The zero-order valence-corrected chi connectivity index (χ0v) is 8.56. The van der Waals surface area contributed by atoms with Crippen molar-refractivity contribution in [2.45, 2.75) is 43.9 Å². The van der Waals surface area contributed by atoms with Gasteiger partial charge in [0.25, 0.3) is 0 Å². The lowest BCUT2D eigenvalue weighted by molar-refractivity contribution is -0.118. The third kappa shape index (κ3) is 2.58. The van der Waals surface area contributed by atoms with Crippen LogP contribution in [0.4, 0.5) is 0 Å². The molecule has 1 rings (SSSR count). The Morgan fingerprint density at radius 1 is 1.45 bits per heavy atom. The van der Waals surface area contributed by atoms with E-state index in [0.717, 1.165) is 25.2 Å². The quantitative estimate of drug-likeness (QED) is 0.489. The molecule has 64 valence electrons. The Morgan fingerprint density at radius 3 is 2.82 bits per heavy atom. The molecule has 2 atom stereocenters. The van der Waals surface area contributed by atoms with E-state index in [1.165, 1.54) is 12.8 Å². The molecule has 1 nitrogen and oxygen atoms in total. The predicted molar refractivity (Wildman–Crippen MR) is 50.0 cm³/mol. The number of ketones is 1. The molecule has 0 aromatic carbocycles. The van der Waals surface area contributed by atoms with Gasteiger partial charge < -0.3 is 0 Å². The van der Waals surface area contributed by atoms with E-state index < -0.39 is 0 Å². The maximum atomic E-state index is 11.2. The topological polar surface area (TPSA) is 17.1 Å². The van der Waals surface area contributed by atoms with Gasteiger partial charge in [0.1, 0.15) is 5.78 Å². The van der Waals surface area contributed by atoms with Gasteiger partial charge >= 0.3 is 0 Å². The SMILES string of the molecule is CCC1CCC(=O)C(Br)CC1. The summed E-state index contributed by atoms with van der Waals surface area (Å²) >= 11 is 3.41. The van der Waals surface area contributed by atoms with Gasteiger partial charge in [0.05, 0.1) is 4.83 Å². The number of carbonyl (C=O) groups excluding carboxylic acids is 1. The number of hydrogen-bond donors (Lipinski definition) is 0. The molecule has 0 bridgehead atoms. The van der Waals surface area contributed by atoms with Crippen molar-refractivity contribution in [1.29, 1.82) is 0 Å². The molecular weight excluding hydrogens is 204 g/mol. The molecule has 0 amide bonds. The lowest BCUT2D eigenvalue weighted by atomic mass is 9.98. The molecule has 0 aromatic rings. The highest BCUT2D eigenvalue weighted by atomic mass is 79.9. The van der Waals surface area contributed by atoms with Crippen LogP contribution < -0.4 is 0 Å². The Morgan fingerprint density at radius 2 is 2.18 bits per heavy atom. The van der Waals surface area contributed by atoms with Crippen LogP contribution in [-0.2, 0) is 4.79 Å². The molecule has 11 heavy (non-hydrogen) atoms. The molecular formula is C9H15BrO. The van der Waals surface area contributed by atoms with Crippen molar-refractivity contribution < 1.29 is 4.79 Å². The van der Waals surface area contributed by atoms with E-state index in [2.05, 4.69) is 22.9 Å². The van der Waals surface area contributed by atoms with Crippen LogP contribution in [0.15, 0.2) is 0 Å². The van der Waals surface area contributed by atoms with Crippen LogP contribution in [0.1, 0.15) is 39.0 Å². The predicted octanol–water partition coefficient (Wildman–Crippen LogP) is 2.92. The number of Topliss-reactive ketones (excluding diaryl/α,β-unsaturated/α-hetero) is 1. The summed E-state index contributed by atoms with van der Waals surface area (Å²) in [5.41, 5.74) is 0. The molecule has 0 saturated heterocycles. The first-order chi connectivity index (χ1) is 5.24. The zero-order valence-electron chi connectivity index (χ0n) is 6.98. The Labute approximate surface area is 76.7 Å².